The van der Waals surface area contributed by atoms with Crippen LogP contribution in [0.1, 0.15) is 168 Å². The Bertz CT molecular complexity index is 2640. The van der Waals surface area contributed by atoms with Gasteiger partial charge >= 0.3 is 0 Å². The van der Waals surface area contributed by atoms with Crippen molar-refractivity contribution in [2.45, 2.75) is 242 Å². The molecular weight excluding hydrogens is 1170 g/mol. The zero-order valence-electron chi connectivity index (χ0n) is 59.7. The number of carbonyl (C=O) groups excluding carboxylic acids is 11. The predicted octanol–water partition coefficient (Wildman–Crippen LogP) is 3.45. The van der Waals surface area contributed by atoms with Crippen LogP contribution in [0.3, 0.4) is 0 Å². The van der Waals surface area contributed by atoms with E-state index >= 15 is 19.2 Å². The van der Waals surface area contributed by atoms with E-state index in [4.69, 9.17) is 0 Å². The lowest BCUT2D eigenvalue weighted by Gasteiger charge is -2.41. The highest BCUT2D eigenvalue weighted by Gasteiger charge is 2.46. The molecule has 25 nitrogen and oxygen atoms in total. The van der Waals surface area contributed by atoms with Gasteiger partial charge in [-0.2, -0.15) is 0 Å². The van der Waals surface area contributed by atoms with Crippen molar-refractivity contribution >= 4 is 65.0 Å². The van der Waals surface area contributed by atoms with Gasteiger partial charge in [0, 0.05) is 75.2 Å². The first kappa shape index (κ1) is 80.4. The number of imidazole rings is 1. The Kier molecular flexibility index (Phi) is 31.8. The third-order valence-electron chi connectivity index (χ3n) is 17.8. The van der Waals surface area contributed by atoms with E-state index < -0.39 is 155 Å². The number of nitrogens with zero attached hydrogens (tertiary/aromatic N) is 9. The summed E-state index contributed by atoms with van der Waals surface area (Å²) < 4.78 is 1.88. The average Bonchev–Trinajstić information content (AvgIpc) is 1.19. The molecule has 5 N–H and O–H groups in total. The minimum absolute atomic E-state index is 0.00681. The normalized spacial score (nSPS) is 26.7. The van der Waals surface area contributed by atoms with Gasteiger partial charge in [-0.15, -0.1) is 0 Å². The van der Waals surface area contributed by atoms with Crippen molar-refractivity contribution in [1.82, 2.24) is 65.1 Å². The van der Waals surface area contributed by atoms with E-state index in [-0.39, 0.29) is 55.8 Å². The first-order chi connectivity index (χ1) is 42.1. The minimum Gasteiger partial charge on any atom is -0.390 e. The smallest absolute Gasteiger partial charge is 0.246 e. The molecule has 91 heavy (non-hydrogen) atoms. The maximum Gasteiger partial charge on any atom is 0.246 e. The number of likely N-dealkylation sites (N-methyl/N-ethyl adjacent to an activating group) is 7. The van der Waals surface area contributed by atoms with Crippen molar-refractivity contribution in [3.63, 3.8) is 0 Å². The Hall–Kier alpha value is -6.66. The molecule has 0 bridgehead atoms. The van der Waals surface area contributed by atoms with Gasteiger partial charge in [0.2, 0.25) is 65.0 Å². The predicted molar refractivity (Wildman–Crippen MR) is 350 cm³/mol. The average molecular weight is 1280 g/mol. The number of aryl methyl sites for hydroxylation is 2. The van der Waals surface area contributed by atoms with Gasteiger partial charge < -0.3 is 65.2 Å². The van der Waals surface area contributed by atoms with Gasteiger partial charge in [0.05, 0.1) is 6.10 Å². The molecule has 1 aliphatic heterocycles. The van der Waals surface area contributed by atoms with Crippen LogP contribution in [0, 0.1) is 41.4 Å². The highest BCUT2D eigenvalue weighted by Crippen LogP contribution is 2.26. The largest absolute Gasteiger partial charge is 0.390 e. The molecule has 1 aromatic rings. The zero-order valence-corrected chi connectivity index (χ0v) is 59.7. The fourth-order valence-corrected chi connectivity index (χ4v) is 11.8. The maximum atomic E-state index is 15.4. The number of amides is 11. The molecule has 25 heteroatoms. The first-order valence-corrected chi connectivity index (χ1v) is 32.8. The zero-order chi connectivity index (χ0) is 70.1. The lowest BCUT2D eigenvalue weighted by molar-refractivity contribution is -0.157. The second-order valence-corrected chi connectivity index (χ2v) is 28.0. The lowest BCUT2D eigenvalue weighted by atomic mass is 9.90. The van der Waals surface area contributed by atoms with Gasteiger partial charge in [-0.25, -0.2) is 4.98 Å². The van der Waals surface area contributed by atoms with Gasteiger partial charge in [0.25, 0.3) is 0 Å². The van der Waals surface area contributed by atoms with E-state index in [2.05, 4.69) is 26.3 Å². The molecule has 0 unspecified atom stereocenters. The Morgan fingerprint density at radius 3 is 1.33 bits per heavy atom. The number of aliphatic hydroxyl groups is 1. The minimum atomic E-state index is -1.64. The molecule has 0 radical (unpaired) electrons. The third-order valence-corrected chi connectivity index (χ3v) is 17.8. The number of carbonyl (C=O) groups is 11. The van der Waals surface area contributed by atoms with Crippen LogP contribution in [0.15, 0.2) is 12.4 Å². The SMILES string of the molecule is CC[C@@H]1NC(=O)[C@@H]([C@H](O)[C@H](C)CCCc2nccn2C)N(C)C(=O)[C@H](C(C)C)N(C)C(=O)[C@H](CC(C)C)N(C)C(=O)[C@H](CC(C)C)N(C)C(=O)[C@@H](C)NC(=O)[C@H](C)NC(=O)[C@H](CC(C)C)N(C)C(=O)[C@H](C(C)C)NC(=O)[C@H](CC(C)C)N(C)C(=O)[C@@H](C)N(C)C1=O. The first-order valence-electron chi connectivity index (χ1n) is 32.8. The molecule has 1 fully saturated rings. The van der Waals surface area contributed by atoms with E-state index in [1.54, 1.807) is 47.7 Å². The van der Waals surface area contributed by atoms with E-state index in [0.717, 1.165) is 15.6 Å². The molecule has 2 rings (SSSR count). The van der Waals surface area contributed by atoms with Crippen LogP contribution in [-0.4, -0.2) is 236 Å². The summed E-state index contributed by atoms with van der Waals surface area (Å²) in [7, 11) is 11.9. The van der Waals surface area contributed by atoms with Crippen LogP contribution in [0.4, 0.5) is 0 Å². The maximum absolute atomic E-state index is 15.4. The van der Waals surface area contributed by atoms with Crippen LogP contribution in [0.5, 0.6) is 0 Å². The number of rotatable bonds is 17. The molecule has 518 valence electrons. The van der Waals surface area contributed by atoms with Crippen molar-refractivity contribution in [3.05, 3.63) is 18.2 Å². The number of hydrogen-bond acceptors (Lipinski definition) is 13. The van der Waals surface area contributed by atoms with Gasteiger partial charge in [-0.1, -0.05) is 96.9 Å². The van der Waals surface area contributed by atoms with Crippen molar-refractivity contribution in [1.29, 1.82) is 0 Å². The summed E-state index contributed by atoms with van der Waals surface area (Å²) in [5.41, 5.74) is 0. The third kappa shape index (κ3) is 21.7. The summed E-state index contributed by atoms with van der Waals surface area (Å²) in [6.45, 7) is 29.7. The standard InChI is InChI=1S/C66H117N13O12/c1-26-46-62(87)73(19)45(17)61(86)74(20)48(33-37(4)5)58(83)71-52(40(10)11)65(90)75(21)47(32-36(2)3)57(82)68-43(15)56(81)69-44(16)60(85)76(22)49(34-38(6)7)63(88)77(23)50(35-39(8)9)64(89)78(24)53(41(12)13)66(91)79(25)54(59(84)70-46)55(80)42(14)28-27-29-51-67-30-31-72(51)18/h30-31,36-50,52-55,80H,26-29,32-35H2,1-25H3,(H,68,82)(H,69,81)(H,70,84)(H,71,83)/t42-,43+,44-,45-,46+,47+,48+,49+,50+,52+,53+,54-,55-/m1/s1. The second-order valence-electron chi connectivity index (χ2n) is 28.0. The lowest BCUT2D eigenvalue weighted by Crippen LogP contribution is -2.64. The van der Waals surface area contributed by atoms with Crippen molar-refractivity contribution in [3.8, 4) is 0 Å². The Balaban J connectivity index is 3.01. The summed E-state index contributed by atoms with van der Waals surface area (Å²) in [6.07, 6.45) is 4.06. The fourth-order valence-electron chi connectivity index (χ4n) is 11.8. The van der Waals surface area contributed by atoms with Crippen LogP contribution in [-0.2, 0) is 66.2 Å². The van der Waals surface area contributed by atoms with Crippen molar-refractivity contribution in [2.24, 2.45) is 48.5 Å². The van der Waals surface area contributed by atoms with Gasteiger partial charge in [0.15, 0.2) is 0 Å². The van der Waals surface area contributed by atoms with E-state index in [1.807, 2.05) is 73.2 Å². The van der Waals surface area contributed by atoms with Gasteiger partial charge in [-0.05, 0) is 107 Å². The van der Waals surface area contributed by atoms with E-state index in [9.17, 15) is 38.7 Å². The number of aromatic nitrogens is 2. The van der Waals surface area contributed by atoms with Crippen LogP contribution in [0.25, 0.3) is 0 Å². The van der Waals surface area contributed by atoms with Crippen LogP contribution >= 0.6 is 0 Å². The monoisotopic (exact) mass is 1280 g/mol. The molecule has 11 amide bonds. The van der Waals surface area contributed by atoms with Crippen LogP contribution in [0.2, 0.25) is 0 Å². The summed E-state index contributed by atoms with van der Waals surface area (Å²) >= 11 is 0. The Labute approximate surface area is 543 Å². The molecule has 0 aromatic carbocycles. The van der Waals surface area contributed by atoms with Crippen LogP contribution < -0.4 is 21.3 Å². The summed E-state index contributed by atoms with van der Waals surface area (Å²) in [5.74, 6) is -9.02. The number of hydrogen-bond donors (Lipinski definition) is 5. The summed E-state index contributed by atoms with van der Waals surface area (Å²) in [5, 5.41) is 23.5. The number of aliphatic hydroxyl groups excluding tert-OH is 1. The van der Waals surface area contributed by atoms with Gasteiger partial charge in [0.1, 0.15) is 72.3 Å². The van der Waals surface area contributed by atoms with Gasteiger partial charge in [-0.3, -0.25) is 52.7 Å². The molecule has 1 aliphatic rings. The fraction of sp³-hybridized carbons (Fsp3) is 0.788. The highest BCUT2D eigenvalue weighted by molar-refractivity contribution is 6.00. The number of nitrogens with one attached hydrogen (secondary N) is 4. The van der Waals surface area contributed by atoms with Crippen molar-refractivity contribution in [2.75, 3.05) is 49.3 Å². The van der Waals surface area contributed by atoms with Crippen molar-refractivity contribution < 1.29 is 57.8 Å². The highest BCUT2D eigenvalue weighted by atomic mass is 16.3. The molecular formula is C66H117N13O12. The quantitative estimate of drug-likeness (QED) is 0.150. The second kappa shape index (κ2) is 36.0. The Morgan fingerprint density at radius 2 is 0.879 bits per heavy atom. The summed E-state index contributed by atoms with van der Waals surface area (Å²) in [6, 6.07) is -13.7. The summed E-state index contributed by atoms with van der Waals surface area (Å²) in [4.78, 5) is 175. The molecule has 0 aliphatic carbocycles. The molecule has 1 saturated heterocycles. The Morgan fingerprint density at radius 1 is 0.451 bits per heavy atom. The molecule has 2 heterocycles. The molecule has 1 aromatic heterocycles. The molecule has 13 atom stereocenters. The van der Waals surface area contributed by atoms with E-state index in [0.29, 0.717) is 19.3 Å². The van der Waals surface area contributed by atoms with E-state index in [1.165, 1.54) is 94.6 Å². The molecule has 0 saturated carbocycles. The molecule has 0 spiro atoms. The topological polar surface area (TPSA) is 297 Å².